The molecule has 2 aromatic heterocycles. The minimum Gasteiger partial charge on any atom is -0.387 e. The minimum atomic E-state index is -0.693. The Hall–Kier alpha value is -2.11. The van der Waals surface area contributed by atoms with E-state index in [9.17, 15) is 9.90 Å². The van der Waals surface area contributed by atoms with E-state index in [0.717, 1.165) is 28.6 Å². The first-order chi connectivity index (χ1) is 12.2. The van der Waals surface area contributed by atoms with Crippen molar-refractivity contribution in [3.8, 4) is 0 Å². The first kappa shape index (κ1) is 16.4. The number of carbonyl (C=O) groups excluding carboxylic acids is 1. The molecule has 0 aliphatic heterocycles. The predicted octanol–water partition coefficient (Wildman–Crippen LogP) is 4.28. The highest BCUT2D eigenvalue weighted by Gasteiger charge is 2.25. The SMILES string of the molecule is O=C(NCC(O)c1ccccc1)c1cc2sccc2n1C1CCCC1. The molecule has 1 aliphatic carbocycles. The number of aliphatic hydroxyl groups excluding tert-OH is 1. The summed E-state index contributed by atoms with van der Waals surface area (Å²) >= 11 is 1.67. The highest BCUT2D eigenvalue weighted by molar-refractivity contribution is 7.17. The Balaban J connectivity index is 1.54. The van der Waals surface area contributed by atoms with Crippen LogP contribution in [-0.2, 0) is 0 Å². The van der Waals surface area contributed by atoms with E-state index in [4.69, 9.17) is 0 Å². The fourth-order valence-corrected chi connectivity index (χ4v) is 4.56. The van der Waals surface area contributed by atoms with Gasteiger partial charge >= 0.3 is 0 Å². The molecule has 0 bridgehead atoms. The van der Waals surface area contributed by atoms with E-state index >= 15 is 0 Å². The van der Waals surface area contributed by atoms with Crippen LogP contribution in [0, 0.1) is 0 Å². The van der Waals surface area contributed by atoms with Crippen LogP contribution in [0.1, 0.15) is 53.9 Å². The van der Waals surface area contributed by atoms with Gasteiger partial charge in [-0.05, 0) is 35.9 Å². The van der Waals surface area contributed by atoms with Crippen LogP contribution in [0.4, 0.5) is 0 Å². The zero-order chi connectivity index (χ0) is 17.2. The number of carbonyl (C=O) groups is 1. The third-order valence-electron chi connectivity index (χ3n) is 5.02. The summed E-state index contributed by atoms with van der Waals surface area (Å²) in [5.41, 5.74) is 2.69. The fourth-order valence-electron chi connectivity index (χ4n) is 3.75. The van der Waals surface area contributed by atoms with Crippen molar-refractivity contribution in [3.63, 3.8) is 0 Å². The van der Waals surface area contributed by atoms with Crippen molar-refractivity contribution in [3.05, 3.63) is 59.1 Å². The molecule has 5 heteroatoms. The monoisotopic (exact) mass is 354 g/mol. The van der Waals surface area contributed by atoms with Gasteiger partial charge < -0.3 is 15.0 Å². The van der Waals surface area contributed by atoms with Crippen LogP contribution in [0.2, 0.25) is 0 Å². The van der Waals surface area contributed by atoms with Crippen LogP contribution >= 0.6 is 11.3 Å². The molecule has 2 heterocycles. The molecule has 25 heavy (non-hydrogen) atoms. The van der Waals surface area contributed by atoms with E-state index in [1.54, 1.807) is 11.3 Å². The molecule has 1 aromatic carbocycles. The van der Waals surface area contributed by atoms with Gasteiger partial charge in [0.2, 0.25) is 0 Å². The third-order valence-corrected chi connectivity index (χ3v) is 5.88. The summed E-state index contributed by atoms with van der Waals surface area (Å²) in [6, 6.07) is 13.9. The second-order valence-corrected chi connectivity index (χ2v) is 7.59. The zero-order valence-corrected chi connectivity index (χ0v) is 14.8. The first-order valence-electron chi connectivity index (χ1n) is 8.83. The molecule has 1 aliphatic rings. The van der Waals surface area contributed by atoms with E-state index in [-0.39, 0.29) is 12.5 Å². The average molecular weight is 354 g/mol. The number of thiophene rings is 1. The lowest BCUT2D eigenvalue weighted by Gasteiger charge is -2.18. The highest BCUT2D eigenvalue weighted by Crippen LogP contribution is 2.36. The molecule has 1 saturated carbocycles. The maximum atomic E-state index is 12.8. The van der Waals surface area contributed by atoms with Crippen molar-refractivity contribution >= 4 is 27.5 Å². The lowest BCUT2D eigenvalue weighted by molar-refractivity contribution is 0.0905. The summed E-state index contributed by atoms with van der Waals surface area (Å²) in [4.78, 5) is 12.8. The van der Waals surface area contributed by atoms with Crippen LogP contribution in [-0.4, -0.2) is 22.1 Å². The second-order valence-electron chi connectivity index (χ2n) is 6.64. The van der Waals surface area contributed by atoms with Crippen molar-refractivity contribution < 1.29 is 9.90 Å². The molecular formula is C20H22N2O2S. The van der Waals surface area contributed by atoms with Crippen LogP contribution in [0.5, 0.6) is 0 Å². The largest absolute Gasteiger partial charge is 0.387 e. The molecular weight excluding hydrogens is 332 g/mol. The van der Waals surface area contributed by atoms with Gasteiger partial charge in [0.25, 0.3) is 5.91 Å². The molecule has 3 aromatic rings. The van der Waals surface area contributed by atoms with E-state index in [1.165, 1.54) is 12.8 Å². The predicted molar refractivity (Wildman–Crippen MR) is 101 cm³/mol. The number of aromatic nitrogens is 1. The number of nitrogens with one attached hydrogen (secondary N) is 1. The topological polar surface area (TPSA) is 54.3 Å². The van der Waals surface area contributed by atoms with Gasteiger partial charge in [-0.3, -0.25) is 4.79 Å². The molecule has 0 radical (unpaired) electrons. The number of benzene rings is 1. The quantitative estimate of drug-likeness (QED) is 0.718. The number of nitrogens with zero attached hydrogens (tertiary/aromatic N) is 1. The number of fused-ring (bicyclic) bond motifs is 1. The standard InChI is InChI=1S/C20H22N2O2S/c23-18(14-6-2-1-3-7-14)13-21-20(24)17-12-19-16(10-11-25-19)22(17)15-8-4-5-9-15/h1-3,6-7,10-12,15,18,23H,4-5,8-9,13H2,(H,21,24). The van der Waals surface area contributed by atoms with Crippen LogP contribution in [0.3, 0.4) is 0 Å². The molecule has 1 fully saturated rings. The maximum Gasteiger partial charge on any atom is 0.268 e. The Morgan fingerprint density at radius 3 is 2.76 bits per heavy atom. The Morgan fingerprint density at radius 2 is 2.00 bits per heavy atom. The van der Waals surface area contributed by atoms with Gasteiger partial charge in [0.05, 0.1) is 16.3 Å². The maximum absolute atomic E-state index is 12.8. The summed E-state index contributed by atoms with van der Waals surface area (Å²) in [7, 11) is 0. The van der Waals surface area contributed by atoms with Crippen molar-refractivity contribution in [1.82, 2.24) is 9.88 Å². The average Bonchev–Trinajstić information content (AvgIpc) is 3.36. The van der Waals surface area contributed by atoms with Gasteiger partial charge in [0.15, 0.2) is 0 Å². The Kier molecular flexibility index (Phi) is 4.59. The summed E-state index contributed by atoms with van der Waals surface area (Å²) in [6.45, 7) is 0.215. The molecule has 1 atom stereocenters. The lowest BCUT2D eigenvalue weighted by Crippen LogP contribution is -2.30. The highest BCUT2D eigenvalue weighted by atomic mass is 32.1. The van der Waals surface area contributed by atoms with Crippen molar-refractivity contribution in [2.24, 2.45) is 0 Å². The van der Waals surface area contributed by atoms with E-state index in [1.807, 2.05) is 36.4 Å². The molecule has 4 rings (SSSR count). The van der Waals surface area contributed by atoms with Crippen molar-refractivity contribution in [2.45, 2.75) is 37.8 Å². The van der Waals surface area contributed by atoms with Gasteiger partial charge in [-0.25, -0.2) is 0 Å². The number of aliphatic hydroxyl groups is 1. The van der Waals surface area contributed by atoms with Gasteiger partial charge in [-0.2, -0.15) is 0 Å². The van der Waals surface area contributed by atoms with Crippen LogP contribution in [0.15, 0.2) is 47.8 Å². The summed E-state index contributed by atoms with van der Waals surface area (Å²) in [5.74, 6) is -0.106. The van der Waals surface area contributed by atoms with Gasteiger partial charge in [0.1, 0.15) is 5.69 Å². The van der Waals surface area contributed by atoms with E-state index < -0.39 is 6.10 Å². The molecule has 1 amide bonds. The lowest BCUT2D eigenvalue weighted by atomic mass is 10.1. The molecule has 4 nitrogen and oxygen atoms in total. The second kappa shape index (κ2) is 7.02. The first-order valence-corrected chi connectivity index (χ1v) is 9.71. The van der Waals surface area contributed by atoms with E-state index in [0.29, 0.717) is 11.7 Å². The summed E-state index contributed by atoms with van der Waals surface area (Å²) in [5, 5.41) is 15.3. The Bertz CT molecular complexity index is 862. The van der Waals surface area contributed by atoms with Crippen LogP contribution in [0.25, 0.3) is 10.2 Å². The number of hydrogen-bond acceptors (Lipinski definition) is 3. The smallest absolute Gasteiger partial charge is 0.268 e. The molecule has 130 valence electrons. The number of amides is 1. The molecule has 0 saturated heterocycles. The van der Waals surface area contributed by atoms with Crippen LogP contribution < -0.4 is 5.32 Å². The third kappa shape index (κ3) is 3.22. The van der Waals surface area contributed by atoms with Crippen molar-refractivity contribution in [1.29, 1.82) is 0 Å². The van der Waals surface area contributed by atoms with Gasteiger partial charge in [0, 0.05) is 12.6 Å². The number of rotatable bonds is 5. The van der Waals surface area contributed by atoms with Crippen molar-refractivity contribution in [2.75, 3.05) is 6.54 Å². The summed E-state index contributed by atoms with van der Waals surface area (Å²) < 4.78 is 3.36. The molecule has 1 unspecified atom stereocenters. The normalized spacial score (nSPS) is 16.4. The fraction of sp³-hybridized carbons (Fsp3) is 0.350. The molecule has 2 N–H and O–H groups in total. The van der Waals surface area contributed by atoms with Gasteiger partial charge in [-0.15, -0.1) is 11.3 Å². The van der Waals surface area contributed by atoms with Gasteiger partial charge in [-0.1, -0.05) is 43.2 Å². The summed E-state index contributed by atoms with van der Waals surface area (Å²) in [6.07, 6.45) is 4.02. The van der Waals surface area contributed by atoms with E-state index in [2.05, 4.69) is 21.3 Å². The molecule has 0 spiro atoms. The zero-order valence-electron chi connectivity index (χ0n) is 14.0. The Morgan fingerprint density at radius 1 is 1.24 bits per heavy atom. The number of hydrogen-bond donors (Lipinski definition) is 2. The Labute approximate surface area is 151 Å². The minimum absolute atomic E-state index is 0.106.